The van der Waals surface area contributed by atoms with E-state index in [1.165, 1.54) is 33.5 Å². The van der Waals surface area contributed by atoms with Gasteiger partial charge in [0.25, 0.3) is 0 Å². The third-order valence-corrected chi connectivity index (χ3v) is 4.22. The molecule has 1 aliphatic carbocycles. The van der Waals surface area contributed by atoms with Crippen LogP contribution >= 0.6 is 0 Å². The van der Waals surface area contributed by atoms with E-state index in [1.807, 2.05) is 0 Å². The SMILES string of the molecule is CCNc1ccccc1C1=C(C)C(C)C(C)=C1C. The molecule has 0 amide bonds. The average Bonchev–Trinajstić information content (AvgIpc) is 2.56. The molecule has 18 heavy (non-hydrogen) atoms. The molecule has 0 aliphatic heterocycles. The molecule has 1 unspecified atom stereocenters. The van der Waals surface area contributed by atoms with Crippen molar-refractivity contribution < 1.29 is 0 Å². The summed E-state index contributed by atoms with van der Waals surface area (Å²) in [4.78, 5) is 0. The van der Waals surface area contributed by atoms with Crippen LogP contribution in [0.15, 0.2) is 41.0 Å². The van der Waals surface area contributed by atoms with Crippen molar-refractivity contribution in [2.75, 3.05) is 11.9 Å². The number of anilines is 1. The van der Waals surface area contributed by atoms with Gasteiger partial charge in [0.2, 0.25) is 0 Å². The van der Waals surface area contributed by atoms with Gasteiger partial charge in [0, 0.05) is 17.8 Å². The van der Waals surface area contributed by atoms with Gasteiger partial charge in [-0.1, -0.05) is 36.3 Å². The van der Waals surface area contributed by atoms with Gasteiger partial charge in [-0.05, 0) is 50.8 Å². The molecule has 0 bridgehead atoms. The number of nitrogens with one attached hydrogen (secondary N) is 1. The third kappa shape index (κ3) is 1.98. The van der Waals surface area contributed by atoms with E-state index in [4.69, 9.17) is 0 Å². The Bertz CT molecular complexity index is 520. The Kier molecular flexibility index (Phi) is 3.60. The van der Waals surface area contributed by atoms with Crippen LogP contribution < -0.4 is 5.32 Å². The standard InChI is InChI=1S/C17H23N/c1-6-18-16-10-8-7-9-15(16)17-13(4)11(2)12(3)14(17)5/h7-11,18H,6H2,1-5H3. The van der Waals surface area contributed by atoms with E-state index >= 15 is 0 Å². The fourth-order valence-electron chi connectivity index (χ4n) is 2.82. The van der Waals surface area contributed by atoms with Crippen molar-refractivity contribution >= 4 is 11.3 Å². The second-order valence-corrected chi connectivity index (χ2v) is 5.16. The first-order valence-electron chi connectivity index (χ1n) is 6.79. The van der Waals surface area contributed by atoms with Gasteiger partial charge in [0.15, 0.2) is 0 Å². The Hall–Kier alpha value is -1.50. The topological polar surface area (TPSA) is 12.0 Å². The second-order valence-electron chi connectivity index (χ2n) is 5.16. The van der Waals surface area contributed by atoms with Crippen molar-refractivity contribution in [2.24, 2.45) is 5.92 Å². The molecule has 1 heteroatoms. The minimum Gasteiger partial charge on any atom is -0.385 e. The van der Waals surface area contributed by atoms with Gasteiger partial charge in [-0.25, -0.2) is 0 Å². The summed E-state index contributed by atoms with van der Waals surface area (Å²) < 4.78 is 0. The van der Waals surface area contributed by atoms with E-state index < -0.39 is 0 Å². The predicted molar refractivity (Wildman–Crippen MR) is 80.7 cm³/mol. The van der Waals surface area contributed by atoms with E-state index in [9.17, 15) is 0 Å². The summed E-state index contributed by atoms with van der Waals surface area (Å²) >= 11 is 0. The number of hydrogen-bond acceptors (Lipinski definition) is 1. The van der Waals surface area contributed by atoms with Gasteiger partial charge >= 0.3 is 0 Å². The lowest BCUT2D eigenvalue weighted by molar-refractivity contribution is 0.818. The van der Waals surface area contributed by atoms with E-state index in [0.717, 1.165) is 6.54 Å². The number of para-hydroxylation sites is 1. The zero-order valence-electron chi connectivity index (χ0n) is 12.1. The Balaban J connectivity index is 2.56. The highest BCUT2D eigenvalue weighted by Gasteiger charge is 2.24. The van der Waals surface area contributed by atoms with Gasteiger partial charge in [0.1, 0.15) is 0 Å². The molecule has 1 atom stereocenters. The molecular formula is C17H23N. The van der Waals surface area contributed by atoms with Gasteiger partial charge in [-0.2, -0.15) is 0 Å². The highest BCUT2D eigenvalue weighted by Crippen LogP contribution is 2.43. The van der Waals surface area contributed by atoms with Gasteiger partial charge in [0.05, 0.1) is 0 Å². The summed E-state index contributed by atoms with van der Waals surface area (Å²) in [5.74, 6) is 0.578. The molecule has 2 rings (SSSR count). The second kappa shape index (κ2) is 5.01. The molecule has 1 aromatic rings. The van der Waals surface area contributed by atoms with E-state index in [1.54, 1.807) is 0 Å². The lowest BCUT2D eigenvalue weighted by atomic mass is 9.95. The fourth-order valence-corrected chi connectivity index (χ4v) is 2.82. The summed E-state index contributed by atoms with van der Waals surface area (Å²) in [6, 6.07) is 8.63. The van der Waals surface area contributed by atoms with Crippen LogP contribution in [0.5, 0.6) is 0 Å². The first-order valence-corrected chi connectivity index (χ1v) is 6.79. The monoisotopic (exact) mass is 241 g/mol. The highest BCUT2D eigenvalue weighted by atomic mass is 14.9. The van der Waals surface area contributed by atoms with Crippen LogP contribution in [-0.2, 0) is 0 Å². The van der Waals surface area contributed by atoms with Gasteiger partial charge < -0.3 is 5.32 Å². The van der Waals surface area contributed by atoms with Crippen molar-refractivity contribution in [2.45, 2.75) is 34.6 Å². The van der Waals surface area contributed by atoms with Crippen LogP contribution in [0.2, 0.25) is 0 Å². The van der Waals surface area contributed by atoms with Crippen LogP contribution in [-0.4, -0.2) is 6.54 Å². The number of allylic oxidation sites excluding steroid dienone is 4. The molecule has 1 N–H and O–H groups in total. The molecule has 1 aromatic carbocycles. The molecule has 0 aromatic heterocycles. The first-order chi connectivity index (χ1) is 8.57. The lowest BCUT2D eigenvalue weighted by Gasteiger charge is -2.14. The number of hydrogen-bond donors (Lipinski definition) is 1. The third-order valence-electron chi connectivity index (χ3n) is 4.22. The van der Waals surface area contributed by atoms with Crippen molar-refractivity contribution in [3.8, 4) is 0 Å². The van der Waals surface area contributed by atoms with Crippen molar-refractivity contribution in [1.29, 1.82) is 0 Å². The Morgan fingerprint density at radius 1 is 1.06 bits per heavy atom. The van der Waals surface area contributed by atoms with Crippen LogP contribution in [0.3, 0.4) is 0 Å². The Labute approximate surface area is 111 Å². The molecule has 1 aliphatic rings. The lowest BCUT2D eigenvalue weighted by Crippen LogP contribution is -2.01. The maximum Gasteiger partial charge on any atom is 0.0419 e. The number of rotatable bonds is 3. The molecule has 0 saturated carbocycles. The Morgan fingerprint density at radius 2 is 1.72 bits per heavy atom. The number of benzene rings is 1. The summed E-state index contributed by atoms with van der Waals surface area (Å²) in [7, 11) is 0. The normalized spacial score (nSPS) is 19.7. The maximum absolute atomic E-state index is 3.47. The van der Waals surface area contributed by atoms with Crippen LogP contribution in [0, 0.1) is 5.92 Å². The van der Waals surface area contributed by atoms with Crippen molar-refractivity contribution in [3.63, 3.8) is 0 Å². The summed E-state index contributed by atoms with van der Waals surface area (Å²) in [6.07, 6.45) is 0. The smallest absolute Gasteiger partial charge is 0.0419 e. The van der Waals surface area contributed by atoms with E-state index in [2.05, 4.69) is 64.2 Å². The van der Waals surface area contributed by atoms with Gasteiger partial charge in [-0.15, -0.1) is 0 Å². The van der Waals surface area contributed by atoms with Crippen LogP contribution in [0.4, 0.5) is 5.69 Å². The van der Waals surface area contributed by atoms with Crippen LogP contribution in [0.1, 0.15) is 40.2 Å². The van der Waals surface area contributed by atoms with E-state index in [-0.39, 0.29) is 0 Å². The summed E-state index contributed by atoms with van der Waals surface area (Å²) in [6.45, 7) is 12.2. The molecule has 0 saturated heterocycles. The summed E-state index contributed by atoms with van der Waals surface area (Å²) in [5, 5.41) is 3.47. The first kappa shape index (κ1) is 12.9. The molecule has 0 radical (unpaired) electrons. The average molecular weight is 241 g/mol. The van der Waals surface area contributed by atoms with Crippen molar-refractivity contribution in [1.82, 2.24) is 0 Å². The molecule has 1 nitrogen and oxygen atoms in total. The van der Waals surface area contributed by atoms with Crippen LogP contribution in [0.25, 0.3) is 5.57 Å². The molecule has 0 heterocycles. The molecule has 0 spiro atoms. The van der Waals surface area contributed by atoms with Gasteiger partial charge in [-0.3, -0.25) is 0 Å². The minimum absolute atomic E-state index is 0.578. The fraction of sp³-hybridized carbons (Fsp3) is 0.412. The molecular weight excluding hydrogens is 218 g/mol. The zero-order chi connectivity index (χ0) is 13.3. The molecule has 96 valence electrons. The zero-order valence-corrected chi connectivity index (χ0v) is 12.1. The largest absolute Gasteiger partial charge is 0.385 e. The maximum atomic E-state index is 3.47. The predicted octanol–water partition coefficient (Wildman–Crippen LogP) is 4.88. The molecule has 0 fully saturated rings. The quantitative estimate of drug-likeness (QED) is 0.795. The van der Waals surface area contributed by atoms with Crippen molar-refractivity contribution in [3.05, 3.63) is 46.5 Å². The highest BCUT2D eigenvalue weighted by molar-refractivity contribution is 5.90. The van der Waals surface area contributed by atoms with E-state index in [0.29, 0.717) is 5.92 Å². The minimum atomic E-state index is 0.578. The Morgan fingerprint density at radius 3 is 2.28 bits per heavy atom. The summed E-state index contributed by atoms with van der Waals surface area (Å²) in [5.41, 5.74) is 8.49.